The number of carbonyl (C=O) groups is 2. The smallest absolute Gasteiger partial charge is 0.394 e. The Balaban J connectivity index is 2.09. The average molecular weight is 279 g/mol. The van der Waals surface area contributed by atoms with E-state index in [-0.39, 0.29) is 24.3 Å². The molecule has 2 aliphatic rings. The average Bonchev–Trinajstić information content (AvgIpc) is 3.03. The fourth-order valence-corrected chi connectivity index (χ4v) is 2.65. The minimum absolute atomic E-state index is 0.251. The number of carbonyl (C=O) groups excluding carboxylic acids is 1. The lowest BCUT2D eigenvalue weighted by Crippen LogP contribution is -2.36. The van der Waals surface area contributed by atoms with Crippen molar-refractivity contribution in [2.75, 3.05) is 13.1 Å². The summed E-state index contributed by atoms with van der Waals surface area (Å²) in [5.41, 5.74) is 0. The van der Waals surface area contributed by atoms with Gasteiger partial charge < -0.3 is 10.0 Å². The Kier molecular flexibility index (Phi) is 3.49. The molecule has 7 heteroatoms. The number of alkyl halides is 3. The molecule has 1 heterocycles. The molecule has 19 heavy (non-hydrogen) atoms. The maximum absolute atomic E-state index is 12.8. The van der Waals surface area contributed by atoms with E-state index in [0.29, 0.717) is 0 Å². The topological polar surface area (TPSA) is 57.6 Å². The normalized spacial score (nSPS) is 29.4. The Morgan fingerprint density at radius 2 is 1.84 bits per heavy atom. The number of carboxylic acids is 1. The van der Waals surface area contributed by atoms with Crippen LogP contribution in [-0.4, -0.2) is 41.1 Å². The molecule has 1 unspecified atom stereocenters. The van der Waals surface area contributed by atoms with Gasteiger partial charge in [0.05, 0.1) is 11.8 Å². The van der Waals surface area contributed by atoms with Crippen LogP contribution < -0.4 is 0 Å². The molecule has 108 valence electrons. The summed E-state index contributed by atoms with van der Waals surface area (Å²) in [7, 11) is 0. The first-order valence-corrected chi connectivity index (χ1v) is 6.30. The Hall–Kier alpha value is -1.27. The molecule has 1 aliphatic heterocycles. The highest BCUT2D eigenvalue weighted by molar-refractivity contribution is 5.81. The molecule has 2 fully saturated rings. The lowest BCUT2D eigenvalue weighted by molar-refractivity contribution is -0.188. The van der Waals surface area contributed by atoms with Gasteiger partial charge in [-0.15, -0.1) is 0 Å². The van der Waals surface area contributed by atoms with Crippen LogP contribution in [0.5, 0.6) is 0 Å². The van der Waals surface area contributed by atoms with Gasteiger partial charge in [-0.25, -0.2) is 0 Å². The summed E-state index contributed by atoms with van der Waals surface area (Å²) in [6.07, 6.45) is -2.74. The van der Waals surface area contributed by atoms with Gasteiger partial charge in [0.1, 0.15) is 0 Å². The number of rotatable bonds is 3. The number of nitrogens with zero attached hydrogens (tertiary/aromatic N) is 1. The predicted molar refractivity (Wildman–Crippen MR) is 59.1 cm³/mol. The highest BCUT2D eigenvalue weighted by Gasteiger charge is 2.54. The first-order chi connectivity index (χ1) is 8.71. The van der Waals surface area contributed by atoms with Gasteiger partial charge in [0.2, 0.25) is 5.91 Å². The minimum Gasteiger partial charge on any atom is -0.481 e. The maximum Gasteiger partial charge on any atom is 0.394 e. The summed E-state index contributed by atoms with van der Waals surface area (Å²) >= 11 is 0. The number of halogens is 3. The second kappa shape index (κ2) is 4.68. The van der Waals surface area contributed by atoms with E-state index in [2.05, 4.69) is 0 Å². The third-order valence-electron chi connectivity index (χ3n) is 4.09. The monoisotopic (exact) mass is 279 g/mol. The Labute approximate surface area is 108 Å². The highest BCUT2D eigenvalue weighted by atomic mass is 19.4. The summed E-state index contributed by atoms with van der Waals surface area (Å²) in [4.78, 5) is 24.0. The standard InChI is InChI=1S/C12H16F3NO3/c1-6(7-2-3-7)10(17)16-4-8(11(18)19)9(5-16)12(13,14)15/h6-9H,2-5H2,1H3,(H,18,19)/t6?,8-,9-/m1/s1. The van der Waals surface area contributed by atoms with E-state index in [1.54, 1.807) is 6.92 Å². The van der Waals surface area contributed by atoms with Gasteiger partial charge in [-0.3, -0.25) is 9.59 Å². The zero-order valence-electron chi connectivity index (χ0n) is 10.5. The second-order valence-corrected chi connectivity index (χ2v) is 5.46. The number of hydrogen-bond donors (Lipinski definition) is 1. The number of aliphatic carboxylic acids is 1. The summed E-state index contributed by atoms with van der Waals surface area (Å²) in [6.45, 7) is 0.836. The summed E-state index contributed by atoms with van der Waals surface area (Å²) in [6, 6.07) is 0. The fourth-order valence-electron chi connectivity index (χ4n) is 2.65. The van der Waals surface area contributed by atoms with E-state index in [4.69, 9.17) is 5.11 Å². The van der Waals surface area contributed by atoms with Crippen LogP contribution in [0.4, 0.5) is 13.2 Å². The fraction of sp³-hybridized carbons (Fsp3) is 0.833. The first kappa shape index (κ1) is 14.1. The molecule has 0 aromatic heterocycles. The van der Waals surface area contributed by atoms with E-state index >= 15 is 0 Å². The molecule has 1 amide bonds. The number of hydrogen-bond acceptors (Lipinski definition) is 2. The van der Waals surface area contributed by atoms with Gasteiger partial charge in [-0.1, -0.05) is 6.92 Å². The lowest BCUT2D eigenvalue weighted by atomic mass is 9.96. The van der Waals surface area contributed by atoms with Crippen molar-refractivity contribution in [1.29, 1.82) is 0 Å². The van der Waals surface area contributed by atoms with Crippen LogP contribution in [0.3, 0.4) is 0 Å². The van der Waals surface area contributed by atoms with Crippen molar-refractivity contribution in [2.24, 2.45) is 23.7 Å². The molecule has 2 rings (SSSR count). The molecule has 1 aliphatic carbocycles. The van der Waals surface area contributed by atoms with Crippen molar-refractivity contribution in [3.8, 4) is 0 Å². The Morgan fingerprint density at radius 1 is 1.26 bits per heavy atom. The molecular formula is C12H16F3NO3. The predicted octanol–water partition coefficient (Wildman–Crippen LogP) is 1.75. The van der Waals surface area contributed by atoms with E-state index < -0.39 is 30.5 Å². The van der Waals surface area contributed by atoms with Crippen LogP contribution >= 0.6 is 0 Å². The third-order valence-corrected chi connectivity index (χ3v) is 4.09. The SMILES string of the molecule is CC(C(=O)N1C[C@@H](C(F)(F)F)[C@H](C(=O)O)C1)C1CC1. The molecule has 4 nitrogen and oxygen atoms in total. The maximum atomic E-state index is 12.8. The third kappa shape index (κ3) is 2.84. The zero-order chi connectivity index (χ0) is 14.4. The van der Waals surface area contributed by atoms with Crippen LogP contribution in [0.2, 0.25) is 0 Å². The summed E-state index contributed by atoms with van der Waals surface area (Å²) in [5, 5.41) is 8.87. The van der Waals surface area contributed by atoms with E-state index in [1.807, 2.05) is 0 Å². The lowest BCUT2D eigenvalue weighted by Gasteiger charge is -2.21. The second-order valence-electron chi connectivity index (χ2n) is 5.46. The molecule has 0 spiro atoms. The van der Waals surface area contributed by atoms with Gasteiger partial charge in [-0.05, 0) is 18.8 Å². The first-order valence-electron chi connectivity index (χ1n) is 6.30. The molecule has 0 aromatic rings. The molecule has 1 N–H and O–H groups in total. The quantitative estimate of drug-likeness (QED) is 0.856. The minimum atomic E-state index is -4.58. The van der Waals surface area contributed by atoms with E-state index in [9.17, 15) is 22.8 Å². The van der Waals surface area contributed by atoms with Crippen molar-refractivity contribution in [2.45, 2.75) is 25.9 Å². The molecule has 0 radical (unpaired) electrons. The summed E-state index contributed by atoms with van der Waals surface area (Å²) in [5.74, 6) is -5.39. The molecule has 0 aromatic carbocycles. The van der Waals surface area contributed by atoms with Crippen molar-refractivity contribution in [3.63, 3.8) is 0 Å². The van der Waals surface area contributed by atoms with Gasteiger partial charge in [0.25, 0.3) is 0 Å². The van der Waals surface area contributed by atoms with Gasteiger partial charge >= 0.3 is 12.1 Å². The van der Waals surface area contributed by atoms with Crippen molar-refractivity contribution >= 4 is 11.9 Å². The van der Waals surface area contributed by atoms with E-state index in [1.165, 1.54) is 0 Å². The molecule has 1 saturated carbocycles. The van der Waals surface area contributed by atoms with Crippen LogP contribution in [0, 0.1) is 23.7 Å². The number of likely N-dealkylation sites (tertiary alicyclic amines) is 1. The van der Waals surface area contributed by atoms with Crippen molar-refractivity contribution < 1.29 is 27.9 Å². The highest BCUT2D eigenvalue weighted by Crippen LogP contribution is 2.41. The van der Waals surface area contributed by atoms with Gasteiger partial charge in [-0.2, -0.15) is 13.2 Å². The van der Waals surface area contributed by atoms with Crippen LogP contribution in [0.1, 0.15) is 19.8 Å². The summed E-state index contributed by atoms with van der Waals surface area (Å²) < 4.78 is 38.3. The van der Waals surface area contributed by atoms with Crippen LogP contribution in [-0.2, 0) is 9.59 Å². The number of amides is 1. The Morgan fingerprint density at radius 3 is 2.21 bits per heavy atom. The molecular weight excluding hydrogens is 263 g/mol. The van der Waals surface area contributed by atoms with Crippen LogP contribution in [0.25, 0.3) is 0 Å². The van der Waals surface area contributed by atoms with E-state index in [0.717, 1.165) is 17.7 Å². The van der Waals surface area contributed by atoms with Crippen molar-refractivity contribution in [1.82, 2.24) is 4.90 Å². The van der Waals surface area contributed by atoms with Crippen LogP contribution in [0.15, 0.2) is 0 Å². The van der Waals surface area contributed by atoms with Crippen molar-refractivity contribution in [3.05, 3.63) is 0 Å². The van der Waals surface area contributed by atoms with Gasteiger partial charge in [0.15, 0.2) is 0 Å². The largest absolute Gasteiger partial charge is 0.481 e. The van der Waals surface area contributed by atoms with Gasteiger partial charge in [0, 0.05) is 19.0 Å². The molecule has 1 saturated heterocycles. The molecule has 3 atom stereocenters. The zero-order valence-corrected chi connectivity index (χ0v) is 10.5. The Bertz CT molecular complexity index is 392. The molecule has 0 bridgehead atoms. The number of carboxylic acid groups (broad SMARTS) is 1.